The van der Waals surface area contributed by atoms with Crippen LogP contribution in [0.1, 0.15) is 22.3 Å². The first-order chi connectivity index (χ1) is 15.4. The van der Waals surface area contributed by atoms with Crippen LogP contribution in [0.25, 0.3) is 0 Å². The number of pyridine rings is 1. The molecule has 0 radical (unpaired) electrons. The lowest BCUT2D eigenvalue weighted by Gasteiger charge is -2.14. The number of nitrogens with two attached hydrogens (primary N) is 1. The van der Waals surface area contributed by atoms with E-state index in [2.05, 4.69) is 20.5 Å². The Labute approximate surface area is 183 Å². The number of alkyl halides is 6. The Hall–Kier alpha value is -4.14. The number of azo groups is 1. The van der Waals surface area contributed by atoms with Crippen LogP contribution in [0.3, 0.4) is 0 Å². The molecule has 0 unspecified atom stereocenters. The van der Waals surface area contributed by atoms with Gasteiger partial charge >= 0.3 is 12.4 Å². The lowest BCUT2D eigenvalue weighted by atomic mass is 10.1. The highest BCUT2D eigenvalue weighted by Gasteiger charge is 2.31. The molecule has 0 spiro atoms. The summed E-state index contributed by atoms with van der Waals surface area (Å²) in [6, 6.07) is 10.1. The van der Waals surface area contributed by atoms with Gasteiger partial charge in [-0.25, -0.2) is 4.98 Å². The second-order valence-corrected chi connectivity index (χ2v) is 6.76. The monoisotopic (exact) mass is 464 g/mol. The minimum Gasteiger partial charge on any atom is -0.383 e. The van der Waals surface area contributed by atoms with Crippen LogP contribution >= 0.6 is 0 Å². The molecular formula is C21H14F6N6. The fraction of sp³-hybridized carbons (Fsp3) is 0.143. The molecule has 0 fully saturated rings. The van der Waals surface area contributed by atoms with Crippen molar-refractivity contribution in [2.75, 3.05) is 11.1 Å². The van der Waals surface area contributed by atoms with E-state index in [1.165, 1.54) is 25.1 Å². The topological polar surface area (TPSA) is 99.5 Å². The van der Waals surface area contributed by atoms with Crippen LogP contribution in [0.5, 0.6) is 0 Å². The minimum absolute atomic E-state index is 0.00338. The molecular weight excluding hydrogens is 450 g/mol. The number of aromatic nitrogens is 1. The first kappa shape index (κ1) is 23.5. The van der Waals surface area contributed by atoms with Crippen molar-refractivity contribution in [1.82, 2.24) is 4.98 Å². The third kappa shape index (κ3) is 5.38. The summed E-state index contributed by atoms with van der Waals surface area (Å²) in [5.41, 5.74) is 3.85. The van der Waals surface area contributed by atoms with Crippen LogP contribution in [-0.2, 0) is 12.4 Å². The Balaban J connectivity index is 2.07. The van der Waals surface area contributed by atoms with Gasteiger partial charge in [-0.3, -0.25) is 0 Å². The zero-order chi connectivity index (χ0) is 24.4. The van der Waals surface area contributed by atoms with E-state index >= 15 is 0 Å². The lowest BCUT2D eigenvalue weighted by Crippen LogP contribution is -2.06. The van der Waals surface area contributed by atoms with Crippen LogP contribution in [0.15, 0.2) is 58.8 Å². The molecule has 0 aliphatic rings. The highest BCUT2D eigenvalue weighted by Crippen LogP contribution is 2.37. The number of halogens is 6. The van der Waals surface area contributed by atoms with Crippen molar-refractivity contribution in [1.29, 1.82) is 5.26 Å². The Morgan fingerprint density at radius 3 is 2.15 bits per heavy atom. The number of nitriles is 1. The molecule has 0 atom stereocenters. The van der Waals surface area contributed by atoms with Gasteiger partial charge in [0.2, 0.25) is 0 Å². The Bertz CT molecular complexity index is 1260. The van der Waals surface area contributed by atoms with Gasteiger partial charge in [-0.2, -0.15) is 36.7 Å². The lowest BCUT2D eigenvalue weighted by molar-refractivity contribution is -0.138. The number of anilines is 3. The number of nitrogens with one attached hydrogen (secondary N) is 1. The molecule has 1 aromatic heterocycles. The van der Waals surface area contributed by atoms with Crippen molar-refractivity contribution in [3.8, 4) is 6.07 Å². The molecule has 0 saturated heterocycles. The number of nitrogens with zero attached hydrogens (tertiary/aromatic N) is 4. The highest BCUT2D eigenvalue weighted by molar-refractivity contribution is 5.77. The number of nitrogen functional groups attached to an aromatic ring is 1. The Morgan fingerprint density at radius 2 is 1.55 bits per heavy atom. The third-order valence-electron chi connectivity index (χ3n) is 4.45. The first-order valence-electron chi connectivity index (χ1n) is 9.13. The van der Waals surface area contributed by atoms with E-state index in [0.717, 1.165) is 30.3 Å². The van der Waals surface area contributed by atoms with Gasteiger partial charge in [-0.05, 0) is 43.3 Å². The SMILES string of the molecule is Cc1c(C#N)c(N)nc(Nc2cccc(C(F)(F)F)c2)c1/N=N/c1cccc(C(F)(F)F)c1. The predicted octanol–water partition coefficient (Wildman–Crippen LogP) is 7.04. The van der Waals surface area contributed by atoms with Gasteiger partial charge in [0.25, 0.3) is 0 Å². The summed E-state index contributed by atoms with van der Waals surface area (Å²) in [7, 11) is 0. The maximum atomic E-state index is 13.0. The van der Waals surface area contributed by atoms with Crippen LogP contribution in [0.2, 0.25) is 0 Å². The van der Waals surface area contributed by atoms with Crippen molar-refractivity contribution in [2.24, 2.45) is 10.2 Å². The molecule has 33 heavy (non-hydrogen) atoms. The number of hydrogen-bond acceptors (Lipinski definition) is 6. The van der Waals surface area contributed by atoms with E-state index in [-0.39, 0.29) is 39.8 Å². The molecule has 170 valence electrons. The molecule has 0 bridgehead atoms. The van der Waals surface area contributed by atoms with Crippen LogP contribution in [0, 0.1) is 18.3 Å². The summed E-state index contributed by atoms with van der Waals surface area (Å²) in [5.74, 6) is -0.332. The van der Waals surface area contributed by atoms with Crippen LogP contribution < -0.4 is 11.1 Å². The largest absolute Gasteiger partial charge is 0.416 e. The summed E-state index contributed by atoms with van der Waals surface area (Å²) < 4.78 is 77.9. The van der Waals surface area contributed by atoms with Crippen molar-refractivity contribution in [2.45, 2.75) is 19.3 Å². The van der Waals surface area contributed by atoms with Gasteiger partial charge in [0.1, 0.15) is 17.6 Å². The number of rotatable bonds is 4. The van der Waals surface area contributed by atoms with E-state index in [1.807, 2.05) is 6.07 Å². The average molecular weight is 464 g/mol. The fourth-order valence-electron chi connectivity index (χ4n) is 2.83. The number of benzene rings is 2. The van der Waals surface area contributed by atoms with E-state index in [1.54, 1.807) is 0 Å². The van der Waals surface area contributed by atoms with Gasteiger partial charge in [-0.1, -0.05) is 12.1 Å². The summed E-state index contributed by atoms with van der Waals surface area (Å²) >= 11 is 0. The maximum Gasteiger partial charge on any atom is 0.416 e. The summed E-state index contributed by atoms with van der Waals surface area (Å²) in [6.45, 7) is 1.45. The molecule has 3 aromatic rings. The fourth-order valence-corrected chi connectivity index (χ4v) is 2.83. The molecule has 6 nitrogen and oxygen atoms in total. The van der Waals surface area contributed by atoms with Crippen molar-refractivity contribution in [3.05, 3.63) is 70.8 Å². The smallest absolute Gasteiger partial charge is 0.383 e. The molecule has 3 rings (SSSR count). The zero-order valence-electron chi connectivity index (χ0n) is 16.8. The van der Waals surface area contributed by atoms with E-state index in [9.17, 15) is 31.6 Å². The quantitative estimate of drug-likeness (QED) is 0.319. The molecule has 0 aliphatic carbocycles. The summed E-state index contributed by atoms with van der Waals surface area (Å²) in [6.07, 6.45) is -9.18. The van der Waals surface area contributed by atoms with Gasteiger partial charge in [-0.15, -0.1) is 5.11 Å². The van der Waals surface area contributed by atoms with E-state index in [0.29, 0.717) is 0 Å². The minimum atomic E-state index is -4.59. The number of hydrogen-bond donors (Lipinski definition) is 2. The second kappa shape index (κ2) is 8.78. The molecule has 12 heteroatoms. The zero-order valence-corrected chi connectivity index (χ0v) is 16.8. The Kier molecular flexibility index (Phi) is 6.25. The van der Waals surface area contributed by atoms with Gasteiger partial charge in [0.05, 0.1) is 22.4 Å². The summed E-state index contributed by atoms with van der Waals surface area (Å²) in [4.78, 5) is 3.99. The maximum absolute atomic E-state index is 13.0. The predicted molar refractivity (Wildman–Crippen MR) is 108 cm³/mol. The second-order valence-electron chi connectivity index (χ2n) is 6.76. The van der Waals surface area contributed by atoms with Crippen LogP contribution in [-0.4, -0.2) is 4.98 Å². The van der Waals surface area contributed by atoms with Gasteiger partial charge in [0.15, 0.2) is 5.82 Å². The molecule has 3 N–H and O–H groups in total. The Morgan fingerprint density at radius 1 is 0.939 bits per heavy atom. The normalized spacial score (nSPS) is 12.1. The van der Waals surface area contributed by atoms with E-state index in [4.69, 9.17) is 5.73 Å². The van der Waals surface area contributed by atoms with Crippen LogP contribution in [0.4, 0.5) is 55.0 Å². The van der Waals surface area contributed by atoms with Crippen molar-refractivity contribution in [3.63, 3.8) is 0 Å². The van der Waals surface area contributed by atoms with E-state index < -0.39 is 23.5 Å². The first-order valence-corrected chi connectivity index (χ1v) is 9.13. The molecule has 0 aliphatic heterocycles. The highest BCUT2D eigenvalue weighted by atomic mass is 19.4. The molecule has 1 heterocycles. The molecule has 2 aromatic carbocycles. The summed E-state index contributed by atoms with van der Waals surface area (Å²) in [5, 5.41) is 19.7. The molecule has 0 saturated carbocycles. The average Bonchev–Trinajstić information content (AvgIpc) is 2.73. The van der Waals surface area contributed by atoms with Gasteiger partial charge in [0, 0.05) is 11.3 Å². The standard InChI is InChI=1S/C21H14F6N6/c1-11-16(10-28)18(29)31-19(30-14-6-2-4-12(8-14)20(22,23)24)17(11)33-32-15-7-3-5-13(9-15)21(25,26)27/h2-9H,1H3,(H3,29,30,31)/b33-32+. The molecule has 0 amide bonds. The van der Waals surface area contributed by atoms with Crippen molar-refractivity contribution >= 4 is 28.7 Å². The van der Waals surface area contributed by atoms with Crippen molar-refractivity contribution < 1.29 is 26.3 Å². The van der Waals surface area contributed by atoms with Gasteiger partial charge < -0.3 is 11.1 Å². The third-order valence-corrected chi connectivity index (χ3v) is 4.45.